The van der Waals surface area contributed by atoms with Crippen molar-refractivity contribution in [3.63, 3.8) is 0 Å². The summed E-state index contributed by atoms with van der Waals surface area (Å²) in [5.41, 5.74) is 2.78. The molecule has 0 radical (unpaired) electrons. The Hall–Kier alpha value is -3.19. The van der Waals surface area contributed by atoms with Gasteiger partial charge in [0.15, 0.2) is 0 Å². The third-order valence-electron chi connectivity index (χ3n) is 5.66. The minimum absolute atomic E-state index is 0.129. The van der Waals surface area contributed by atoms with E-state index in [1.165, 1.54) is 5.56 Å². The Morgan fingerprint density at radius 1 is 1.06 bits per heavy atom. The Kier molecular flexibility index (Phi) is 6.62. The average Bonchev–Trinajstić information content (AvgIpc) is 3.05. The van der Waals surface area contributed by atoms with Gasteiger partial charge in [0.1, 0.15) is 17.4 Å². The van der Waals surface area contributed by atoms with Gasteiger partial charge in [-0.15, -0.1) is 0 Å². The van der Waals surface area contributed by atoms with Crippen LogP contribution in [0.2, 0.25) is 0 Å². The van der Waals surface area contributed by atoms with E-state index in [-0.39, 0.29) is 5.56 Å². The summed E-state index contributed by atoms with van der Waals surface area (Å²) in [7, 11) is 1.69. The number of hydrogen-bond donors (Lipinski definition) is 1. The first kappa shape index (κ1) is 21.1. The molecule has 1 fully saturated rings. The summed E-state index contributed by atoms with van der Waals surface area (Å²) in [5, 5.41) is 0. The molecule has 0 atom stereocenters. The zero-order valence-corrected chi connectivity index (χ0v) is 18.2. The summed E-state index contributed by atoms with van der Waals surface area (Å²) < 4.78 is 5.25. The molecule has 2 aromatic heterocycles. The van der Waals surface area contributed by atoms with E-state index in [0.717, 1.165) is 68.4 Å². The third kappa shape index (κ3) is 5.30. The molecule has 0 aliphatic carbocycles. The summed E-state index contributed by atoms with van der Waals surface area (Å²) >= 11 is 0. The van der Waals surface area contributed by atoms with Crippen LogP contribution in [0, 0.1) is 0 Å². The predicted molar refractivity (Wildman–Crippen MR) is 123 cm³/mol. The van der Waals surface area contributed by atoms with E-state index >= 15 is 0 Å². The molecule has 0 spiro atoms. The van der Waals surface area contributed by atoms with Gasteiger partial charge in [-0.2, -0.15) is 0 Å². The van der Waals surface area contributed by atoms with Gasteiger partial charge in [0.25, 0.3) is 5.56 Å². The van der Waals surface area contributed by atoms with Gasteiger partial charge in [-0.05, 0) is 42.7 Å². The fraction of sp³-hybridized carbons (Fsp3) is 0.375. The van der Waals surface area contributed by atoms with Gasteiger partial charge in [-0.3, -0.25) is 9.69 Å². The normalized spacial score (nSPS) is 15.0. The Morgan fingerprint density at radius 3 is 2.61 bits per heavy atom. The largest absolute Gasteiger partial charge is 0.497 e. The smallest absolute Gasteiger partial charge is 0.251 e. The maximum absolute atomic E-state index is 11.9. The highest BCUT2D eigenvalue weighted by Crippen LogP contribution is 2.20. The number of aryl methyl sites for hydroxylation is 1. The number of hydrogen-bond acceptors (Lipinski definition) is 6. The number of nitrogens with zero attached hydrogens (tertiary/aromatic N) is 4. The Bertz CT molecular complexity index is 1050. The van der Waals surface area contributed by atoms with Crippen LogP contribution < -0.4 is 15.2 Å². The van der Waals surface area contributed by atoms with E-state index in [2.05, 4.69) is 36.9 Å². The lowest BCUT2D eigenvalue weighted by atomic mass is 10.2. The molecule has 0 amide bonds. The SMILES string of the molecule is CCc1cc(=O)[nH]c(-c2ccc(N3CCCN(Cc4ccc(OC)cc4)CC3)nc2)n1. The Balaban J connectivity index is 1.40. The molecule has 1 aliphatic heterocycles. The maximum Gasteiger partial charge on any atom is 0.251 e. The predicted octanol–water partition coefficient (Wildman–Crippen LogP) is 3.12. The standard InChI is InChI=1S/C24H29N5O2/c1-3-20-15-23(30)27-24(26-20)19-7-10-22(25-16-19)29-12-4-11-28(13-14-29)17-18-5-8-21(31-2)9-6-18/h5-10,15-16H,3-4,11-14,17H2,1-2H3,(H,26,27,30). The highest BCUT2D eigenvalue weighted by Gasteiger charge is 2.16. The molecule has 1 N–H and O–H groups in total. The van der Waals surface area contributed by atoms with Crippen molar-refractivity contribution in [1.29, 1.82) is 0 Å². The molecular weight excluding hydrogens is 390 g/mol. The summed E-state index contributed by atoms with van der Waals surface area (Å²) in [4.78, 5) is 28.7. The molecule has 4 rings (SSSR count). The molecule has 0 unspecified atom stereocenters. The summed E-state index contributed by atoms with van der Waals surface area (Å²) in [6.07, 6.45) is 3.61. The van der Waals surface area contributed by atoms with Crippen LogP contribution in [-0.4, -0.2) is 53.1 Å². The second kappa shape index (κ2) is 9.75. The number of nitrogens with one attached hydrogen (secondary N) is 1. The number of anilines is 1. The van der Waals surface area contributed by atoms with E-state index in [1.54, 1.807) is 19.4 Å². The molecule has 1 aromatic carbocycles. The number of rotatable bonds is 6. The molecule has 1 saturated heterocycles. The van der Waals surface area contributed by atoms with Crippen molar-refractivity contribution < 1.29 is 4.74 Å². The van der Waals surface area contributed by atoms with E-state index in [9.17, 15) is 4.79 Å². The quantitative estimate of drug-likeness (QED) is 0.662. The summed E-state index contributed by atoms with van der Waals surface area (Å²) in [5.74, 6) is 2.43. The summed E-state index contributed by atoms with van der Waals surface area (Å²) in [6, 6.07) is 13.8. The van der Waals surface area contributed by atoms with E-state index in [4.69, 9.17) is 4.74 Å². The number of benzene rings is 1. The van der Waals surface area contributed by atoms with Crippen molar-refractivity contribution in [2.45, 2.75) is 26.3 Å². The maximum atomic E-state index is 11.9. The molecule has 3 heterocycles. The van der Waals surface area contributed by atoms with Crippen LogP contribution >= 0.6 is 0 Å². The third-order valence-corrected chi connectivity index (χ3v) is 5.66. The van der Waals surface area contributed by atoms with Gasteiger partial charge in [0, 0.05) is 56.2 Å². The van der Waals surface area contributed by atoms with Crippen LogP contribution in [0.4, 0.5) is 5.82 Å². The van der Waals surface area contributed by atoms with Gasteiger partial charge < -0.3 is 14.6 Å². The topological polar surface area (TPSA) is 74.4 Å². The van der Waals surface area contributed by atoms with Gasteiger partial charge in [-0.1, -0.05) is 19.1 Å². The van der Waals surface area contributed by atoms with Gasteiger partial charge >= 0.3 is 0 Å². The fourth-order valence-corrected chi connectivity index (χ4v) is 3.89. The minimum Gasteiger partial charge on any atom is -0.497 e. The fourth-order valence-electron chi connectivity index (χ4n) is 3.89. The first-order valence-electron chi connectivity index (χ1n) is 10.8. The second-order valence-corrected chi connectivity index (χ2v) is 7.81. The van der Waals surface area contributed by atoms with Crippen molar-refractivity contribution in [2.75, 3.05) is 38.2 Å². The van der Waals surface area contributed by atoms with Crippen molar-refractivity contribution in [1.82, 2.24) is 19.9 Å². The lowest BCUT2D eigenvalue weighted by Crippen LogP contribution is -2.30. The van der Waals surface area contributed by atoms with E-state index in [1.807, 2.05) is 31.2 Å². The van der Waals surface area contributed by atoms with Crippen LogP contribution in [0.25, 0.3) is 11.4 Å². The number of methoxy groups -OCH3 is 1. The second-order valence-electron chi connectivity index (χ2n) is 7.81. The number of ether oxygens (including phenoxy) is 1. The van der Waals surface area contributed by atoms with Crippen LogP contribution in [0.3, 0.4) is 0 Å². The van der Waals surface area contributed by atoms with Gasteiger partial charge in [-0.25, -0.2) is 9.97 Å². The van der Waals surface area contributed by atoms with E-state index < -0.39 is 0 Å². The number of aromatic amines is 1. The molecular formula is C24H29N5O2. The molecule has 1 aliphatic rings. The summed E-state index contributed by atoms with van der Waals surface area (Å²) in [6.45, 7) is 6.90. The van der Waals surface area contributed by atoms with Crippen LogP contribution in [-0.2, 0) is 13.0 Å². The van der Waals surface area contributed by atoms with Crippen LogP contribution in [0.15, 0.2) is 53.5 Å². The number of aromatic nitrogens is 3. The average molecular weight is 420 g/mol. The Labute approximate surface area is 182 Å². The first-order valence-corrected chi connectivity index (χ1v) is 10.8. The first-order chi connectivity index (χ1) is 15.1. The van der Waals surface area contributed by atoms with Crippen LogP contribution in [0.5, 0.6) is 5.75 Å². The van der Waals surface area contributed by atoms with Crippen LogP contribution in [0.1, 0.15) is 24.6 Å². The monoisotopic (exact) mass is 419 g/mol. The van der Waals surface area contributed by atoms with Crippen molar-refractivity contribution in [3.05, 3.63) is 70.3 Å². The highest BCUT2D eigenvalue weighted by atomic mass is 16.5. The molecule has 7 nitrogen and oxygen atoms in total. The molecule has 31 heavy (non-hydrogen) atoms. The zero-order chi connectivity index (χ0) is 21.6. The number of H-pyrrole nitrogens is 1. The van der Waals surface area contributed by atoms with Gasteiger partial charge in [0.05, 0.1) is 7.11 Å². The molecule has 162 valence electrons. The lowest BCUT2D eigenvalue weighted by molar-refractivity contribution is 0.285. The lowest BCUT2D eigenvalue weighted by Gasteiger charge is -2.23. The highest BCUT2D eigenvalue weighted by molar-refractivity contribution is 5.56. The molecule has 0 saturated carbocycles. The van der Waals surface area contributed by atoms with Crippen molar-refractivity contribution >= 4 is 5.82 Å². The minimum atomic E-state index is -0.129. The van der Waals surface area contributed by atoms with Crippen molar-refractivity contribution in [3.8, 4) is 17.1 Å². The Morgan fingerprint density at radius 2 is 1.90 bits per heavy atom. The zero-order valence-electron chi connectivity index (χ0n) is 18.2. The number of pyridine rings is 1. The molecule has 3 aromatic rings. The van der Waals surface area contributed by atoms with Crippen molar-refractivity contribution in [2.24, 2.45) is 0 Å². The molecule has 7 heteroatoms. The molecule has 0 bridgehead atoms. The van der Waals surface area contributed by atoms with Gasteiger partial charge in [0.2, 0.25) is 0 Å². The van der Waals surface area contributed by atoms with E-state index in [0.29, 0.717) is 5.82 Å².